The van der Waals surface area contributed by atoms with Gasteiger partial charge >= 0.3 is 14.7 Å². The average molecular weight is 347 g/mol. The zero-order valence-corrected chi connectivity index (χ0v) is 15.5. The van der Waals surface area contributed by atoms with Crippen molar-refractivity contribution < 1.29 is 28.3 Å². The molecule has 0 aliphatic heterocycles. The maximum atomic E-state index is 11.5. The molecule has 23 heavy (non-hydrogen) atoms. The van der Waals surface area contributed by atoms with Gasteiger partial charge in [0.05, 0.1) is 0 Å². The van der Waals surface area contributed by atoms with Crippen molar-refractivity contribution in [1.29, 1.82) is 0 Å². The summed E-state index contributed by atoms with van der Waals surface area (Å²) < 4.78 is 16.2. The van der Waals surface area contributed by atoms with Gasteiger partial charge in [0.2, 0.25) is 0 Å². The van der Waals surface area contributed by atoms with Crippen LogP contribution in [-0.2, 0) is 18.4 Å². The van der Waals surface area contributed by atoms with Crippen LogP contribution in [0.4, 0.5) is 4.79 Å². The molecule has 0 saturated carbocycles. The Labute approximate surface area is 139 Å². The number of rotatable bonds is 12. The van der Waals surface area contributed by atoms with Crippen molar-refractivity contribution >= 4 is 20.4 Å². The first-order chi connectivity index (χ1) is 10.9. The lowest BCUT2D eigenvalue weighted by Crippen LogP contribution is -2.39. The average Bonchev–Trinajstić information content (AvgIpc) is 2.50. The first kappa shape index (κ1) is 21.8. The van der Waals surface area contributed by atoms with E-state index in [1.165, 1.54) is 12.2 Å². The molecule has 0 aliphatic carbocycles. The molecule has 8 heteroatoms. The molecule has 0 spiro atoms. The summed E-state index contributed by atoms with van der Waals surface area (Å²) in [5.41, 5.74) is 0. The summed E-state index contributed by atoms with van der Waals surface area (Å²) in [4.78, 5) is 22.8. The zero-order chi connectivity index (χ0) is 17.7. The molecular formula is C15H29NO6Si. The van der Waals surface area contributed by atoms with Gasteiger partial charge in [-0.25, -0.2) is 4.79 Å². The molecule has 0 aromatic carbocycles. The molecule has 0 heterocycles. The molecule has 0 aromatic rings. The molecule has 1 unspecified atom stereocenters. The van der Waals surface area contributed by atoms with Crippen LogP contribution in [-0.4, -0.2) is 58.0 Å². The van der Waals surface area contributed by atoms with Crippen molar-refractivity contribution in [1.82, 2.24) is 5.32 Å². The molecule has 0 radical (unpaired) electrons. The van der Waals surface area contributed by atoms with Crippen LogP contribution in [0.2, 0.25) is 12.6 Å². The van der Waals surface area contributed by atoms with Gasteiger partial charge in [0.25, 0.3) is 0 Å². The topological polar surface area (TPSA) is 94.1 Å². The summed E-state index contributed by atoms with van der Waals surface area (Å²) in [5.74, 6) is -0.490. The minimum atomic E-state index is -2.17. The van der Waals surface area contributed by atoms with Gasteiger partial charge < -0.3 is 24.0 Å². The lowest BCUT2D eigenvalue weighted by molar-refractivity contribution is -0.124. The van der Waals surface area contributed by atoms with Crippen molar-refractivity contribution in [3.8, 4) is 0 Å². The molecule has 0 aliphatic rings. The third kappa shape index (κ3) is 10.2. The highest BCUT2D eigenvalue weighted by atomic mass is 28.4. The molecule has 1 amide bonds. The van der Waals surface area contributed by atoms with Crippen LogP contribution in [0.25, 0.3) is 0 Å². The lowest BCUT2D eigenvalue weighted by Gasteiger charge is -2.25. The second kappa shape index (κ2) is 12.2. The number of aliphatic hydroxyl groups excluding tert-OH is 1. The van der Waals surface area contributed by atoms with Crippen molar-refractivity contribution in [3.63, 3.8) is 0 Å². The normalized spacial score (nSPS) is 13.1. The summed E-state index contributed by atoms with van der Waals surface area (Å²) >= 11 is 0. The number of hydrogen-bond donors (Lipinski definition) is 2. The van der Waals surface area contributed by atoms with E-state index < -0.39 is 26.5 Å². The Hall–Kier alpha value is -1.22. The third-order valence-electron chi connectivity index (χ3n) is 3.01. The van der Waals surface area contributed by atoms with Gasteiger partial charge in [0.1, 0.15) is 6.61 Å². The van der Waals surface area contributed by atoms with E-state index >= 15 is 0 Å². The van der Waals surface area contributed by atoms with E-state index in [0.29, 0.717) is 26.2 Å². The lowest BCUT2D eigenvalue weighted by atomic mass is 10.2. The first-order valence-corrected chi connectivity index (χ1v) is 10.4. The number of carbonyl (C=O) groups is 2. The summed E-state index contributed by atoms with van der Waals surface area (Å²) in [6.45, 7) is 8.80. The Morgan fingerprint density at radius 3 is 2.39 bits per heavy atom. The maximum absolute atomic E-state index is 11.5. The minimum Gasteiger partial charge on any atom is -0.446 e. The number of hydrogen-bond acceptors (Lipinski definition) is 6. The standard InChI is InChI=1S/C15H29NO6Si/c1-5-9-13(17)14(18)12-20-15(19)16-10-8-11-23(4,21-6-2)22-7-3/h5,9,14,18H,6-8,10-12H2,1-4H3,(H,16,19). The molecule has 0 bridgehead atoms. The summed E-state index contributed by atoms with van der Waals surface area (Å²) in [6.07, 6.45) is 1.47. The van der Waals surface area contributed by atoms with Crippen LogP contribution in [0, 0.1) is 0 Å². The fourth-order valence-corrected chi connectivity index (χ4v) is 4.37. The van der Waals surface area contributed by atoms with Gasteiger partial charge in [-0.3, -0.25) is 4.79 Å². The van der Waals surface area contributed by atoms with Crippen molar-refractivity contribution in [2.24, 2.45) is 0 Å². The van der Waals surface area contributed by atoms with Gasteiger partial charge in [-0.05, 0) is 45.9 Å². The number of amides is 1. The molecule has 0 rings (SSSR count). The molecule has 0 aromatic heterocycles. The monoisotopic (exact) mass is 347 g/mol. The van der Waals surface area contributed by atoms with Crippen LogP contribution >= 0.6 is 0 Å². The third-order valence-corrected chi connectivity index (χ3v) is 6.07. The van der Waals surface area contributed by atoms with E-state index in [4.69, 9.17) is 13.6 Å². The summed E-state index contributed by atoms with van der Waals surface area (Å²) in [5, 5.41) is 12.0. The fraction of sp³-hybridized carbons (Fsp3) is 0.733. The number of alkyl carbamates (subject to hydrolysis) is 1. The Kier molecular flexibility index (Phi) is 11.6. The van der Waals surface area contributed by atoms with Crippen molar-refractivity contribution in [3.05, 3.63) is 12.2 Å². The van der Waals surface area contributed by atoms with Gasteiger partial charge in [0.15, 0.2) is 11.9 Å². The van der Waals surface area contributed by atoms with Crippen LogP contribution in [0.5, 0.6) is 0 Å². The Balaban J connectivity index is 3.96. The van der Waals surface area contributed by atoms with Crippen LogP contribution in [0.15, 0.2) is 12.2 Å². The number of ether oxygens (including phenoxy) is 1. The smallest absolute Gasteiger partial charge is 0.407 e. The molecule has 1 atom stereocenters. The molecule has 2 N–H and O–H groups in total. The molecule has 0 saturated heterocycles. The highest BCUT2D eigenvalue weighted by molar-refractivity contribution is 6.66. The Morgan fingerprint density at radius 1 is 1.26 bits per heavy atom. The Morgan fingerprint density at radius 2 is 1.87 bits per heavy atom. The van der Waals surface area contributed by atoms with E-state index in [0.717, 1.165) is 6.04 Å². The van der Waals surface area contributed by atoms with E-state index in [1.807, 2.05) is 20.4 Å². The van der Waals surface area contributed by atoms with Crippen LogP contribution in [0.3, 0.4) is 0 Å². The van der Waals surface area contributed by atoms with Gasteiger partial charge in [-0.1, -0.05) is 6.08 Å². The zero-order valence-electron chi connectivity index (χ0n) is 14.5. The summed E-state index contributed by atoms with van der Waals surface area (Å²) in [6, 6.07) is 0.761. The van der Waals surface area contributed by atoms with Gasteiger partial charge in [-0.2, -0.15) is 0 Å². The second-order valence-electron chi connectivity index (χ2n) is 5.05. The number of ketones is 1. The Bertz CT molecular complexity index is 382. The molecule has 7 nitrogen and oxygen atoms in total. The van der Waals surface area contributed by atoms with Crippen molar-refractivity contribution in [2.75, 3.05) is 26.4 Å². The summed E-state index contributed by atoms with van der Waals surface area (Å²) in [7, 11) is -2.17. The molecule has 0 fully saturated rings. The number of aliphatic hydroxyl groups is 1. The minimum absolute atomic E-state index is 0.362. The molecule has 134 valence electrons. The van der Waals surface area contributed by atoms with E-state index in [9.17, 15) is 14.7 Å². The van der Waals surface area contributed by atoms with E-state index in [2.05, 4.69) is 5.32 Å². The first-order valence-electron chi connectivity index (χ1n) is 7.91. The number of allylic oxidation sites excluding steroid dienone is 1. The van der Waals surface area contributed by atoms with Crippen LogP contribution < -0.4 is 5.32 Å². The predicted molar refractivity (Wildman–Crippen MR) is 89.5 cm³/mol. The largest absolute Gasteiger partial charge is 0.446 e. The maximum Gasteiger partial charge on any atom is 0.407 e. The highest BCUT2D eigenvalue weighted by Crippen LogP contribution is 2.15. The quantitative estimate of drug-likeness (QED) is 0.317. The molecular weight excluding hydrogens is 318 g/mol. The predicted octanol–water partition coefficient (Wildman–Crippen LogP) is 1.75. The fourth-order valence-electron chi connectivity index (χ4n) is 1.96. The van der Waals surface area contributed by atoms with Gasteiger partial charge in [-0.15, -0.1) is 0 Å². The van der Waals surface area contributed by atoms with E-state index in [-0.39, 0.29) is 6.61 Å². The number of carbonyl (C=O) groups excluding carboxylic acids is 2. The van der Waals surface area contributed by atoms with Gasteiger partial charge in [0, 0.05) is 19.8 Å². The van der Waals surface area contributed by atoms with E-state index in [1.54, 1.807) is 6.92 Å². The SMILES string of the molecule is CC=CC(=O)C(O)COC(=O)NCCC[Si](C)(OCC)OCC. The highest BCUT2D eigenvalue weighted by Gasteiger charge is 2.29. The second-order valence-corrected chi connectivity index (χ2v) is 8.39. The van der Waals surface area contributed by atoms with Crippen molar-refractivity contribution in [2.45, 2.75) is 45.9 Å². The number of nitrogens with one attached hydrogen (secondary N) is 1. The van der Waals surface area contributed by atoms with Crippen LogP contribution in [0.1, 0.15) is 27.2 Å².